The van der Waals surface area contributed by atoms with Gasteiger partial charge in [-0.15, -0.1) is 0 Å². The zero-order valence-electron chi connectivity index (χ0n) is 13.4. The van der Waals surface area contributed by atoms with Gasteiger partial charge in [0.1, 0.15) is 5.69 Å². The summed E-state index contributed by atoms with van der Waals surface area (Å²) in [6, 6.07) is 7.53. The first-order valence-corrected chi connectivity index (χ1v) is 7.74. The molecule has 0 bridgehead atoms. The average Bonchev–Trinajstić information content (AvgIpc) is 2.86. The van der Waals surface area contributed by atoms with Gasteiger partial charge in [0.05, 0.1) is 6.61 Å². The number of aryl methyl sites for hydroxylation is 1. The number of ketones is 1. The molecule has 0 unspecified atom stereocenters. The number of amides is 1. The molecule has 2 aromatic rings. The summed E-state index contributed by atoms with van der Waals surface area (Å²) in [5, 5.41) is 2.88. The number of ether oxygens (including phenoxy) is 1. The van der Waals surface area contributed by atoms with Gasteiger partial charge < -0.3 is 15.0 Å². The maximum absolute atomic E-state index is 12.5. The van der Waals surface area contributed by atoms with E-state index in [0.717, 1.165) is 29.7 Å². The van der Waals surface area contributed by atoms with Crippen molar-refractivity contribution < 1.29 is 14.3 Å². The Morgan fingerprint density at radius 2 is 2.17 bits per heavy atom. The van der Waals surface area contributed by atoms with Crippen molar-refractivity contribution in [2.24, 2.45) is 0 Å². The molecule has 2 N–H and O–H groups in total. The van der Waals surface area contributed by atoms with Gasteiger partial charge in [-0.25, -0.2) is 0 Å². The van der Waals surface area contributed by atoms with E-state index >= 15 is 0 Å². The Balaban J connectivity index is 1.84. The first kappa shape index (κ1) is 15.5. The lowest BCUT2D eigenvalue weighted by Crippen LogP contribution is -2.14. The van der Waals surface area contributed by atoms with Crippen molar-refractivity contribution in [3.63, 3.8) is 0 Å². The molecule has 5 heteroatoms. The van der Waals surface area contributed by atoms with Crippen LogP contribution in [0, 0.1) is 6.92 Å². The van der Waals surface area contributed by atoms with Crippen molar-refractivity contribution in [2.75, 3.05) is 12.4 Å². The first-order chi connectivity index (χ1) is 11.1. The first-order valence-electron chi connectivity index (χ1n) is 7.74. The van der Waals surface area contributed by atoms with Crippen molar-refractivity contribution in [1.82, 2.24) is 4.98 Å². The molecule has 0 spiro atoms. The number of rotatable bonds is 4. The molecule has 0 saturated carbocycles. The number of fused-ring (bicyclic) bond motifs is 1. The SMILES string of the molecule is COCc1cccc(NC(=O)c2[nH]c3c(c2C)C(=O)CCC3)c1. The van der Waals surface area contributed by atoms with Crippen LogP contribution < -0.4 is 5.32 Å². The fourth-order valence-corrected chi connectivity index (χ4v) is 3.10. The lowest BCUT2D eigenvalue weighted by molar-refractivity contribution is 0.0971. The Hall–Kier alpha value is -2.40. The molecule has 0 saturated heterocycles. The number of hydrogen-bond donors (Lipinski definition) is 2. The highest BCUT2D eigenvalue weighted by atomic mass is 16.5. The van der Waals surface area contributed by atoms with Crippen LogP contribution in [-0.2, 0) is 17.8 Å². The second-order valence-corrected chi connectivity index (χ2v) is 5.84. The number of Topliss-reactive ketones (excluding diaryl/α,β-unsaturated/α-hetero) is 1. The number of hydrogen-bond acceptors (Lipinski definition) is 3. The molecular formula is C18H20N2O3. The number of aromatic amines is 1. The molecule has 23 heavy (non-hydrogen) atoms. The predicted molar refractivity (Wildman–Crippen MR) is 87.9 cm³/mol. The van der Waals surface area contributed by atoms with E-state index in [2.05, 4.69) is 10.3 Å². The summed E-state index contributed by atoms with van der Waals surface area (Å²) >= 11 is 0. The lowest BCUT2D eigenvalue weighted by Gasteiger charge is -2.09. The predicted octanol–water partition coefficient (Wildman–Crippen LogP) is 3.24. The molecule has 1 aromatic heterocycles. The van der Waals surface area contributed by atoms with Crippen LogP contribution in [0.25, 0.3) is 0 Å². The highest BCUT2D eigenvalue weighted by molar-refractivity contribution is 6.08. The Labute approximate surface area is 135 Å². The third-order valence-corrected chi connectivity index (χ3v) is 4.16. The van der Waals surface area contributed by atoms with Gasteiger partial charge in [-0.3, -0.25) is 9.59 Å². The summed E-state index contributed by atoms with van der Waals surface area (Å²) in [7, 11) is 1.63. The molecular weight excluding hydrogens is 292 g/mol. The Morgan fingerprint density at radius 1 is 1.35 bits per heavy atom. The zero-order chi connectivity index (χ0) is 16.4. The number of anilines is 1. The van der Waals surface area contributed by atoms with Crippen LogP contribution in [0.2, 0.25) is 0 Å². The second-order valence-electron chi connectivity index (χ2n) is 5.84. The van der Waals surface area contributed by atoms with E-state index in [1.165, 1.54) is 0 Å². The van der Waals surface area contributed by atoms with Crippen LogP contribution in [0.1, 0.15) is 50.5 Å². The number of benzene rings is 1. The van der Waals surface area contributed by atoms with Gasteiger partial charge in [-0.05, 0) is 43.0 Å². The van der Waals surface area contributed by atoms with Crippen LogP contribution >= 0.6 is 0 Å². The molecule has 0 fully saturated rings. The van der Waals surface area contributed by atoms with Gasteiger partial charge in [0.25, 0.3) is 5.91 Å². The van der Waals surface area contributed by atoms with Gasteiger partial charge in [0, 0.05) is 30.5 Å². The molecule has 1 amide bonds. The number of aromatic nitrogens is 1. The molecule has 1 aromatic carbocycles. The van der Waals surface area contributed by atoms with Crippen molar-refractivity contribution in [3.05, 3.63) is 52.3 Å². The molecule has 1 aliphatic carbocycles. The maximum Gasteiger partial charge on any atom is 0.272 e. The van der Waals surface area contributed by atoms with Gasteiger partial charge in [0.15, 0.2) is 5.78 Å². The normalized spacial score (nSPS) is 13.7. The minimum atomic E-state index is -0.223. The number of carbonyl (C=O) groups excluding carboxylic acids is 2. The van der Waals surface area contributed by atoms with Crippen molar-refractivity contribution in [2.45, 2.75) is 32.8 Å². The molecule has 0 radical (unpaired) electrons. The molecule has 0 aliphatic heterocycles. The van der Waals surface area contributed by atoms with Crippen LogP contribution in [0.15, 0.2) is 24.3 Å². The summed E-state index contributed by atoms with van der Waals surface area (Å²) < 4.78 is 5.10. The van der Waals surface area contributed by atoms with Crippen LogP contribution in [0.4, 0.5) is 5.69 Å². The molecule has 1 heterocycles. The van der Waals surface area contributed by atoms with E-state index in [4.69, 9.17) is 4.74 Å². The summed E-state index contributed by atoms with van der Waals surface area (Å²) in [5.41, 5.74) is 4.51. The number of carbonyl (C=O) groups is 2. The van der Waals surface area contributed by atoms with Crippen LogP contribution in [0.3, 0.4) is 0 Å². The van der Waals surface area contributed by atoms with Gasteiger partial charge in [0.2, 0.25) is 0 Å². The molecule has 3 rings (SSSR count). The van der Waals surface area contributed by atoms with E-state index in [1.54, 1.807) is 7.11 Å². The van der Waals surface area contributed by atoms with Gasteiger partial charge in [-0.2, -0.15) is 0 Å². The molecule has 0 atom stereocenters. The van der Waals surface area contributed by atoms with Crippen molar-refractivity contribution in [1.29, 1.82) is 0 Å². The average molecular weight is 312 g/mol. The summed E-state index contributed by atoms with van der Waals surface area (Å²) in [6.45, 7) is 2.32. The smallest absolute Gasteiger partial charge is 0.272 e. The topological polar surface area (TPSA) is 71.2 Å². The Morgan fingerprint density at radius 3 is 2.91 bits per heavy atom. The quantitative estimate of drug-likeness (QED) is 0.910. The van der Waals surface area contributed by atoms with E-state index in [1.807, 2.05) is 31.2 Å². The fourth-order valence-electron chi connectivity index (χ4n) is 3.10. The van der Waals surface area contributed by atoms with E-state index < -0.39 is 0 Å². The van der Waals surface area contributed by atoms with Gasteiger partial charge in [-0.1, -0.05) is 12.1 Å². The lowest BCUT2D eigenvalue weighted by atomic mass is 9.94. The minimum absolute atomic E-state index is 0.126. The fraction of sp³-hybridized carbons (Fsp3) is 0.333. The molecule has 120 valence electrons. The van der Waals surface area contributed by atoms with Crippen molar-refractivity contribution >= 4 is 17.4 Å². The summed E-state index contributed by atoms with van der Waals surface area (Å²) in [5.74, 6) is -0.0968. The monoisotopic (exact) mass is 312 g/mol. The van der Waals surface area contributed by atoms with Crippen LogP contribution in [0.5, 0.6) is 0 Å². The standard InChI is InChI=1S/C18H20N2O3/c1-11-16-14(7-4-8-15(16)21)20-17(11)18(22)19-13-6-3-5-12(9-13)10-23-2/h3,5-6,9,20H,4,7-8,10H2,1-2H3,(H,19,22). The van der Waals surface area contributed by atoms with Crippen molar-refractivity contribution in [3.8, 4) is 0 Å². The summed E-state index contributed by atoms with van der Waals surface area (Å²) in [4.78, 5) is 27.7. The summed E-state index contributed by atoms with van der Waals surface area (Å²) in [6.07, 6.45) is 2.22. The molecule has 5 nitrogen and oxygen atoms in total. The highest BCUT2D eigenvalue weighted by Crippen LogP contribution is 2.27. The number of nitrogens with one attached hydrogen (secondary N) is 2. The Bertz CT molecular complexity index is 762. The van der Waals surface area contributed by atoms with E-state index in [9.17, 15) is 9.59 Å². The molecule has 1 aliphatic rings. The van der Waals surface area contributed by atoms with Crippen LogP contribution in [-0.4, -0.2) is 23.8 Å². The maximum atomic E-state index is 12.5. The van der Waals surface area contributed by atoms with E-state index in [-0.39, 0.29) is 11.7 Å². The largest absolute Gasteiger partial charge is 0.380 e. The van der Waals surface area contributed by atoms with Gasteiger partial charge >= 0.3 is 0 Å². The number of methoxy groups -OCH3 is 1. The number of H-pyrrole nitrogens is 1. The highest BCUT2D eigenvalue weighted by Gasteiger charge is 2.26. The third-order valence-electron chi connectivity index (χ3n) is 4.16. The second kappa shape index (κ2) is 6.38. The minimum Gasteiger partial charge on any atom is -0.380 e. The Kier molecular flexibility index (Phi) is 4.30. The third kappa shape index (κ3) is 3.05. The van der Waals surface area contributed by atoms with E-state index in [0.29, 0.717) is 30.0 Å². The zero-order valence-corrected chi connectivity index (χ0v) is 13.4.